The molecule has 2 unspecified atom stereocenters. The first-order chi connectivity index (χ1) is 43.9. The van der Waals surface area contributed by atoms with Gasteiger partial charge in [-0.15, -0.1) is 0 Å². The first kappa shape index (κ1) is 89.1. The molecule has 0 aromatic rings. The molecule has 0 saturated carbocycles. The number of hydrogen-bond donors (Lipinski definition) is 3. The van der Waals surface area contributed by atoms with E-state index in [1.165, 1.54) is 173 Å². The molecule has 0 aliphatic carbocycles. The van der Waals surface area contributed by atoms with Crippen molar-refractivity contribution in [1.29, 1.82) is 0 Å². The highest BCUT2D eigenvalue weighted by atomic mass is 31.2. The fourth-order valence-electron chi connectivity index (χ4n) is 10.9. The molecule has 0 aliphatic rings. The Morgan fingerprint density at radius 2 is 0.505 bits per heavy atom. The van der Waals surface area contributed by atoms with Gasteiger partial charge in [-0.2, -0.15) is 0 Å². The maximum atomic E-state index is 13.0. The number of rotatable bonds is 71. The minimum atomic E-state index is -4.95. The van der Waals surface area contributed by atoms with Crippen molar-refractivity contribution in [2.75, 3.05) is 39.6 Å². The van der Waals surface area contributed by atoms with Gasteiger partial charge in [0.2, 0.25) is 0 Å². The smallest absolute Gasteiger partial charge is 0.462 e. The molecule has 0 amide bonds. The first-order valence-corrected chi connectivity index (χ1v) is 40.5. The van der Waals surface area contributed by atoms with Crippen LogP contribution in [0.4, 0.5) is 0 Å². The zero-order chi connectivity index (χ0) is 67.2. The number of aliphatic hydroxyl groups is 1. The molecule has 0 rings (SSSR count). The zero-order valence-electron chi connectivity index (χ0n) is 59.1. The molecule has 5 atom stereocenters. The van der Waals surface area contributed by atoms with Crippen LogP contribution in [0.2, 0.25) is 0 Å². The van der Waals surface area contributed by atoms with Crippen LogP contribution in [0.15, 0.2) is 0 Å². The van der Waals surface area contributed by atoms with Crippen LogP contribution in [0.3, 0.4) is 0 Å². The van der Waals surface area contributed by atoms with E-state index in [9.17, 15) is 43.2 Å². The fourth-order valence-corrected chi connectivity index (χ4v) is 12.5. The maximum Gasteiger partial charge on any atom is 0.472 e. The minimum Gasteiger partial charge on any atom is -0.462 e. The number of carbonyl (C=O) groups excluding carboxylic acids is 4. The van der Waals surface area contributed by atoms with Crippen molar-refractivity contribution < 1.29 is 80.2 Å². The second kappa shape index (κ2) is 64.1. The number of unbranched alkanes of at least 4 members (excludes halogenated alkanes) is 41. The summed E-state index contributed by atoms with van der Waals surface area (Å²) in [4.78, 5) is 72.4. The summed E-state index contributed by atoms with van der Waals surface area (Å²) in [5.74, 6) is -0.622. The molecular formula is C72H140O17P2. The van der Waals surface area contributed by atoms with Crippen molar-refractivity contribution in [1.82, 2.24) is 0 Å². The molecule has 3 N–H and O–H groups in total. The maximum absolute atomic E-state index is 13.0. The van der Waals surface area contributed by atoms with Gasteiger partial charge in [0.05, 0.1) is 26.4 Å². The highest BCUT2D eigenvalue weighted by Crippen LogP contribution is 2.45. The molecule has 17 nitrogen and oxygen atoms in total. The van der Waals surface area contributed by atoms with Crippen LogP contribution in [0, 0.1) is 11.8 Å². The van der Waals surface area contributed by atoms with Crippen molar-refractivity contribution in [3.05, 3.63) is 0 Å². The third-order valence-corrected chi connectivity index (χ3v) is 18.6. The van der Waals surface area contributed by atoms with E-state index in [0.717, 1.165) is 109 Å². The van der Waals surface area contributed by atoms with Crippen LogP contribution < -0.4 is 0 Å². The Morgan fingerprint density at radius 1 is 0.297 bits per heavy atom. The van der Waals surface area contributed by atoms with Gasteiger partial charge in [-0.05, 0) is 37.5 Å². The quantitative estimate of drug-likeness (QED) is 0.0222. The number of hydrogen-bond acceptors (Lipinski definition) is 15. The predicted molar refractivity (Wildman–Crippen MR) is 368 cm³/mol. The van der Waals surface area contributed by atoms with E-state index < -0.39 is 97.5 Å². The van der Waals surface area contributed by atoms with Crippen molar-refractivity contribution >= 4 is 39.5 Å². The van der Waals surface area contributed by atoms with E-state index in [1.54, 1.807) is 0 Å². The normalized spacial score (nSPS) is 14.1. The van der Waals surface area contributed by atoms with Gasteiger partial charge in [0, 0.05) is 25.7 Å². The molecule has 19 heteroatoms. The average Bonchev–Trinajstić information content (AvgIpc) is 3.70. The van der Waals surface area contributed by atoms with E-state index >= 15 is 0 Å². The lowest BCUT2D eigenvalue weighted by atomic mass is 10.0. The Kier molecular flexibility index (Phi) is 62.7. The van der Waals surface area contributed by atoms with Gasteiger partial charge in [0.1, 0.15) is 19.3 Å². The summed E-state index contributed by atoms with van der Waals surface area (Å²) in [6, 6.07) is 0. The summed E-state index contributed by atoms with van der Waals surface area (Å²) in [7, 11) is -9.90. The highest BCUT2D eigenvalue weighted by Gasteiger charge is 2.30. The molecule has 0 spiro atoms. The number of phosphoric ester groups is 2. The molecular weight excluding hydrogens is 1200 g/mol. The molecule has 0 heterocycles. The molecule has 0 fully saturated rings. The van der Waals surface area contributed by atoms with Gasteiger partial charge in [0.25, 0.3) is 0 Å². The molecule has 0 saturated heterocycles. The van der Waals surface area contributed by atoms with Gasteiger partial charge in [-0.1, -0.05) is 318 Å². The topological polar surface area (TPSA) is 237 Å². The van der Waals surface area contributed by atoms with Gasteiger partial charge < -0.3 is 33.8 Å². The van der Waals surface area contributed by atoms with E-state index in [2.05, 4.69) is 41.5 Å². The first-order valence-electron chi connectivity index (χ1n) is 37.5. The van der Waals surface area contributed by atoms with Crippen LogP contribution >= 0.6 is 15.6 Å². The van der Waals surface area contributed by atoms with Gasteiger partial charge in [-0.25, -0.2) is 9.13 Å². The highest BCUT2D eigenvalue weighted by molar-refractivity contribution is 7.47. The van der Waals surface area contributed by atoms with E-state index in [-0.39, 0.29) is 25.7 Å². The van der Waals surface area contributed by atoms with Crippen molar-refractivity contribution in [2.45, 2.75) is 387 Å². The standard InChI is InChI=1S/C72H140O17P2/c1-7-9-11-13-15-16-17-18-21-25-28-31-37-43-49-55-70(75)83-61-68(88-71(76)56-50-44-38-32-29-26-23-20-19-22-24-27-30-35-40-46-52-64(3)4)63-87-91(80,81)85-59-66(73)58-84-90(78,79)86-62-67(60-82-69(74)54-48-42-34-14-12-10-8-2)89-72(77)57-51-45-39-33-36-41-47-53-65(5)6/h64-68,73H,7-63H2,1-6H3,(H,78,79)(H,80,81)/t66-,67+,68+/m0/s1. The van der Waals surface area contributed by atoms with Crippen LogP contribution in [0.5, 0.6) is 0 Å². The summed E-state index contributed by atoms with van der Waals surface area (Å²) < 4.78 is 68.2. The molecule has 0 aliphatic heterocycles. The van der Waals surface area contributed by atoms with Crippen molar-refractivity contribution in [2.24, 2.45) is 11.8 Å². The van der Waals surface area contributed by atoms with Gasteiger partial charge in [0.15, 0.2) is 12.2 Å². The number of ether oxygens (including phenoxy) is 4. The molecule has 0 aromatic heterocycles. The average molecular weight is 1340 g/mol. The molecule has 0 radical (unpaired) electrons. The third-order valence-electron chi connectivity index (χ3n) is 16.7. The predicted octanol–water partition coefficient (Wildman–Crippen LogP) is 20.8. The minimum absolute atomic E-state index is 0.103. The Hall–Kier alpha value is -1.94. The largest absolute Gasteiger partial charge is 0.472 e. The Bertz CT molecular complexity index is 1770. The van der Waals surface area contributed by atoms with Crippen LogP contribution in [-0.4, -0.2) is 96.7 Å². The van der Waals surface area contributed by atoms with E-state index in [1.807, 2.05) is 0 Å². The summed E-state index contributed by atoms with van der Waals surface area (Å²) in [5.41, 5.74) is 0. The monoisotopic (exact) mass is 1340 g/mol. The summed E-state index contributed by atoms with van der Waals surface area (Å²) in [6.07, 6.45) is 50.2. The Morgan fingerprint density at radius 3 is 0.747 bits per heavy atom. The number of carbonyl (C=O) groups is 4. The van der Waals surface area contributed by atoms with E-state index in [0.29, 0.717) is 31.6 Å². The SMILES string of the molecule is CCCCCCCCCCCCCCCCCC(=O)OC[C@H](COP(=O)(O)OC[C@@H](O)COP(=O)(O)OC[C@@H](COC(=O)CCCCCCCCC)OC(=O)CCCCCCCCCC(C)C)OC(=O)CCCCCCCCCCCCCCCCCCC(C)C. The van der Waals surface area contributed by atoms with Crippen molar-refractivity contribution in [3.8, 4) is 0 Å². The lowest BCUT2D eigenvalue weighted by Crippen LogP contribution is -2.30. The second-order valence-corrected chi connectivity index (χ2v) is 29.8. The summed E-state index contributed by atoms with van der Waals surface area (Å²) in [6.45, 7) is 9.49. The van der Waals surface area contributed by atoms with Crippen molar-refractivity contribution in [3.63, 3.8) is 0 Å². The second-order valence-electron chi connectivity index (χ2n) is 26.9. The Balaban J connectivity index is 5.18. The zero-order valence-corrected chi connectivity index (χ0v) is 60.9. The number of aliphatic hydroxyl groups excluding tert-OH is 1. The fraction of sp³-hybridized carbons (Fsp3) is 0.944. The molecule has 540 valence electrons. The third kappa shape index (κ3) is 66.5. The molecule has 0 aromatic carbocycles. The van der Waals surface area contributed by atoms with E-state index in [4.69, 9.17) is 37.0 Å². The van der Waals surface area contributed by atoms with Gasteiger partial charge >= 0.3 is 39.5 Å². The Labute approximate surface area is 556 Å². The molecule has 0 bridgehead atoms. The summed E-state index contributed by atoms with van der Waals surface area (Å²) >= 11 is 0. The molecule has 91 heavy (non-hydrogen) atoms. The lowest BCUT2D eigenvalue weighted by Gasteiger charge is -2.21. The van der Waals surface area contributed by atoms with Crippen LogP contribution in [0.25, 0.3) is 0 Å². The number of phosphoric acid groups is 2. The number of esters is 4. The summed E-state index contributed by atoms with van der Waals surface area (Å²) in [5, 5.41) is 10.6. The van der Waals surface area contributed by atoms with Crippen LogP contribution in [0.1, 0.15) is 369 Å². The van der Waals surface area contributed by atoms with Gasteiger partial charge in [-0.3, -0.25) is 37.3 Å². The lowest BCUT2D eigenvalue weighted by molar-refractivity contribution is -0.161. The van der Waals surface area contributed by atoms with Crippen LogP contribution in [-0.2, 0) is 65.4 Å².